The van der Waals surface area contributed by atoms with Crippen LogP contribution in [-0.4, -0.2) is 35.3 Å². The van der Waals surface area contributed by atoms with E-state index in [1.165, 1.54) is 19.1 Å². The molecule has 1 heterocycles. The first-order valence-corrected chi connectivity index (χ1v) is 8.73. The molecule has 6 nitrogen and oxygen atoms in total. The number of halogens is 3. The fraction of sp³-hybridized carbons (Fsp3) is 0.500. The predicted octanol–water partition coefficient (Wildman–Crippen LogP) is 2.53. The maximum Gasteiger partial charge on any atom is 0.416 e. The second-order valence-electron chi connectivity index (χ2n) is 7.04. The maximum absolute atomic E-state index is 13.3. The van der Waals surface area contributed by atoms with Gasteiger partial charge in [-0.15, -0.1) is 0 Å². The summed E-state index contributed by atoms with van der Waals surface area (Å²) in [5.74, 6) is -1.38. The van der Waals surface area contributed by atoms with Gasteiger partial charge < -0.3 is 10.6 Å². The van der Waals surface area contributed by atoms with Crippen molar-refractivity contribution in [1.29, 1.82) is 0 Å². The highest BCUT2D eigenvalue weighted by molar-refractivity contribution is 6.09. The highest BCUT2D eigenvalue weighted by atomic mass is 19.4. The van der Waals surface area contributed by atoms with E-state index in [9.17, 15) is 27.6 Å². The molecule has 1 saturated heterocycles. The number of hydrogen-bond acceptors (Lipinski definition) is 3. The maximum atomic E-state index is 13.3. The van der Waals surface area contributed by atoms with Crippen molar-refractivity contribution in [2.45, 2.75) is 50.4 Å². The third-order valence-electron chi connectivity index (χ3n) is 5.07. The Hall–Kier alpha value is -2.58. The molecule has 3 rings (SSSR count). The van der Waals surface area contributed by atoms with Crippen LogP contribution in [0.15, 0.2) is 24.3 Å². The van der Waals surface area contributed by atoms with E-state index in [4.69, 9.17) is 0 Å². The smallest absolute Gasteiger partial charge is 0.352 e. The first-order valence-electron chi connectivity index (χ1n) is 8.73. The third-order valence-corrected chi connectivity index (χ3v) is 5.07. The number of urea groups is 1. The predicted molar refractivity (Wildman–Crippen MR) is 89.4 cm³/mol. The van der Waals surface area contributed by atoms with Crippen molar-refractivity contribution < 1.29 is 27.6 Å². The first kappa shape index (κ1) is 19.2. The molecular formula is C18H20F3N3O3. The van der Waals surface area contributed by atoms with Crippen LogP contribution in [0.2, 0.25) is 0 Å². The second kappa shape index (κ2) is 6.86. The van der Waals surface area contributed by atoms with Gasteiger partial charge >= 0.3 is 12.2 Å². The van der Waals surface area contributed by atoms with Gasteiger partial charge in [-0.1, -0.05) is 31.0 Å². The van der Waals surface area contributed by atoms with E-state index in [0.29, 0.717) is 4.90 Å². The summed E-state index contributed by atoms with van der Waals surface area (Å²) in [7, 11) is 0. The molecule has 1 aliphatic carbocycles. The number of rotatable bonds is 4. The number of imide groups is 1. The molecule has 0 bridgehead atoms. The van der Waals surface area contributed by atoms with Crippen LogP contribution in [0, 0.1) is 0 Å². The van der Waals surface area contributed by atoms with Gasteiger partial charge in [-0.3, -0.25) is 14.5 Å². The zero-order valence-electron chi connectivity index (χ0n) is 14.7. The molecule has 0 unspecified atom stereocenters. The van der Waals surface area contributed by atoms with Gasteiger partial charge in [0.1, 0.15) is 12.1 Å². The average molecular weight is 383 g/mol. The summed E-state index contributed by atoms with van der Waals surface area (Å²) < 4.78 is 40.0. The number of carbonyl (C=O) groups is 3. The normalized spacial score (nSPS) is 23.6. The lowest BCUT2D eigenvalue weighted by atomic mass is 9.87. The monoisotopic (exact) mass is 383 g/mol. The fourth-order valence-corrected chi connectivity index (χ4v) is 3.68. The van der Waals surface area contributed by atoms with E-state index in [-0.39, 0.29) is 11.6 Å². The molecule has 2 fully saturated rings. The SMILES string of the molecule is C[C@]1(c2ccccc2C(F)(F)F)NC(=O)N(CC(=O)NC2CCCC2)C1=O. The highest BCUT2D eigenvalue weighted by Gasteiger charge is 2.52. The van der Waals surface area contributed by atoms with Gasteiger partial charge in [-0.2, -0.15) is 13.2 Å². The van der Waals surface area contributed by atoms with E-state index in [0.717, 1.165) is 37.8 Å². The molecule has 1 saturated carbocycles. The summed E-state index contributed by atoms with van der Waals surface area (Å²) in [6.07, 6.45) is -1.01. The van der Waals surface area contributed by atoms with E-state index < -0.39 is 41.7 Å². The molecule has 2 aliphatic rings. The Morgan fingerprint density at radius 3 is 2.52 bits per heavy atom. The van der Waals surface area contributed by atoms with Crippen LogP contribution < -0.4 is 10.6 Å². The van der Waals surface area contributed by atoms with Crippen molar-refractivity contribution in [3.63, 3.8) is 0 Å². The second-order valence-corrected chi connectivity index (χ2v) is 7.04. The fourth-order valence-electron chi connectivity index (χ4n) is 3.68. The lowest BCUT2D eigenvalue weighted by Crippen LogP contribution is -2.45. The topological polar surface area (TPSA) is 78.5 Å². The lowest BCUT2D eigenvalue weighted by molar-refractivity contribution is -0.140. The van der Waals surface area contributed by atoms with Crippen LogP contribution in [0.25, 0.3) is 0 Å². The molecular weight excluding hydrogens is 363 g/mol. The molecule has 1 aromatic carbocycles. The van der Waals surface area contributed by atoms with E-state index >= 15 is 0 Å². The van der Waals surface area contributed by atoms with E-state index in [1.54, 1.807) is 0 Å². The molecule has 0 spiro atoms. The minimum Gasteiger partial charge on any atom is -0.352 e. The van der Waals surface area contributed by atoms with Gasteiger partial charge in [0.05, 0.1) is 5.56 Å². The van der Waals surface area contributed by atoms with Crippen molar-refractivity contribution in [3.8, 4) is 0 Å². The van der Waals surface area contributed by atoms with E-state index in [1.807, 2.05) is 0 Å². The minimum atomic E-state index is -4.68. The molecule has 1 atom stereocenters. The van der Waals surface area contributed by atoms with Gasteiger partial charge in [0.25, 0.3) is 5.91 Å². The Bertz CT molecular complexity index is 775. The molecule has 2 N–H and O–H groups in total. The van der Waals surface area contributed by atoms with Crippen molar-refractivity contribution >= 4 is 17.8 Å². The number of amides is 4. The number of alkyl halides is 3. The molecule has 4 amide bonds. The van der Waals surface area contributed by atoms with Crippen LogP contribution in [0.1, 0.15) is 43.7 Å². The Morgan fingerprint density at radius 2 is 1.89 bits per heavy atom. The zero-order valence-corrected chi connectivity index (χ0v) is 14.7. The Morgan fingerprint density at radius 1 is 1.26 bits per heavy atom. The Labute approximate surface area is 154 Å². The summed E-state index contributed by atoms with van der Waals surface area (Å²) in [6, 6.07) is 3.71. The van der Waals surface area contributed by atoms with Crippen LogP contribution in [0.4, 0.5) is 18.0 Å². The number of hydrogen-bond donors (Lipinski definition) is 2. The molecule has 146 valence electrons. The third kappa shape index (κ3) is 3.63. The summed E-state index contributed by atoms with van der Waals surface area (Å²) >= 11 is 0. The van der Waals surface area contributed by atoms with Crippen LogP contribution in [0.3, 0.4) is 0 Å². The van der Waals surface area contributed by atoms with Crippen molar-refractivity contribution in [2.24, 2.45) is 0 Å². The largest absolute Gasteiger partial charge is 0.416 e. The summed E-state index contributed by atoms with van der Waals surface area (Å²) in [6.45, 7) is 0.692. The molecule has 27 heavy (non-hydrogen) atoms. The highest BCUT2D eigenvalue weighted by Crippen LogP contribution is 2.39. The number of carbonyl (C=O) groups excluding carboxylic acids is 3. The zero-order chi connectivity index (χ0) is 19.8. The van der Waals surface area contributed by atoms with Gasteiger partial charge in [-0.25, -0.2) is 4.79 Å². The number of benzene rings is 1. The van der Waals surface area contributed by atoms with E-state index in [2.05, 4.69) is 10.6 Å². The van der Waals surface area contributed by atoms with Crippen molar-refractivity contribution in [2.75, 3.05) is 6.54 Å². The van der Waals surface area contributed by atoms with Crippen LogP contribution >= 0.6 is 0 Å². The molecule has 9 heteroatoms. The molecule has 0 aromatic heterocycles. The van der Waals surface area contributed by atoms with Gasteiger partial charge in [0.2, 0.25) is 5.91 Å². The minimum absolute atomic E-state index is 0.00982. The lowest BCUT2D eigenvalue weighted by Gasteiger charge is -2.25. The van der Waals surface area contributed by atoms with Gasteiger partial charge in [-0.05, 0) is 31.4 Å². The molecule has 0 radical (unpaired) electrons. The van der Waals surface area contributed by atoms with Crippen molar-refractivity contribution in [3.05, 3.63) is 35.4 Å². The molecule has 1 aliphatic heterocycles. The Kier molecular flexibility index (Phi) is 4.88. The number of nitrogens with zero attached hydrogens (tertiary/aromatic N) is 1. The summed E-state index contributed by atoms with van der Waals surface area (Å²) in [5.41, 5.74) is -3.25. The Balaban J connectivity index is 1.82. The quantitative estimate of drug-likeness (QED) is 0.785. The average Bonchev–Trinajstić information content (AvgIpc) is 3.17. The number of nitrogens with one attached hydrogen (secondary N) is 2. The summed E-state index contributed by atoms with van der Waals surface area (Å²) in [4.78, 5) is 37.8. The van der Waals surface area contributed by atoms with Gasteiger partial charge in [0.15, 0.2) is 0 Å². The standard InChI is InChI=1S/C18H20F3N3O3/c1-17(12-8-4-5-9-13(12)18(19,20)21)15(26)24(16(27)23-17)10-14(25)22-11-6-2-3-7-11/h4-5,8-9,11H,2-3,6-7,10H2,1H3,(H,22,25)(H,23,27)/t17-/m1/s1. The molecule has 1 aromatic rings. The van der Waals surface area contributed by atoms with Crippen molar-refractivity contribution in [1.82, 2.24) is 15.5 Å². The first-order chi connectivity index (χ1) is 12.6. The summed E-state index contributed by atoms with van der Waals surface area (Å²) in [5, 5.41) is 5.07. The van der Waals surface area contributed by atoms with Crippen LogP contribution in [0.5, 0.6) is 0 Å². The van der Waals surface area contributed by atoms with Gasteiger partial charge in [0, 0.05) is 6.04 Å². The van der Waals surface area contributed by atoms with Crippen LogP contribution in [-0.2, 0) is 21.3 Å².